The van der Waals surface area contributed by atoms with E-state index in [0.29, 0.717) is 28.4 Å². The number of nitrogens with zero attached hydrogens (tertiary/aromatic N) is 3. The molecule has 1 aliphatic carbocycles. The van der Waals surface area contributed by atoms with E-state index in [1.165, 1.54) is 7.11 Å². The highest BCUT2D eigenvalue weighted by Crippen LogP contribution is 2.51. The summed E-state index contributed by atoms with van der Waals surface area (Å²) in [4.78, 5) is 4.37. The van der Waals surface area contributed by atoms with Gasteiger partial charge in [0, 0.05) is 16.5 Å². The van der Waals surface area contributed by atoms with Crippen molar-refractivity contribution in [2.24, 2.45) is 11.0 Å². The fourth-order valence-electron chi connectivity index (χ4n) is 4.23. The molecule has 0 fully saturated rings. The SMILES string of the molecule is COc1ccc2c(c1)CC[C@H]1C2=NN(c2nc(-c3ccccc3)cs2)[C@@]1(O)C(F)(F)F. The Kier molecular flexibility index (Phi) is 4.56. The van der Waals surface area contributed by atoms with Crippen molar-refractivity contribution in [2.45, 2.75) is 24.7 Å². The number of thiazole rings is 1. The van der Waals surface area contributed by atoms with E-state index in [1.54, 1.807) is 23.6 Å². The number of aliphatic hydroxyl groups is 1. The van der Waals surface area contributed by atoms with Crippen molar-refractivity contribution in [2.75, 3.05) is 12.1 Å². The van der Waals surface area contributed by atoms with Gasteiger partial charge < -0.3 is 9.84 Å². The van der Waals surface area contributed by atoms with Crippen molar-refractivity contribution in [3.8, 4) is 17.0 Å². The van der Waals surface area contributed by atoms with Crippen molar-refractivity contribution >= 4 is 22.2 Å². The van der Waals surface area contributed by atoms with Gasteiger partial charge in [0.15, 0.2) is 0 Å². The van der Waals surface area contributed by atoms with Gasteiger partial charge in [0.2, 0.25) is 5.13 Å². The van der Waals surface area contributed by atoms with E-state index in [1.807, 2.05) is 30.3 Å². The quantitative estimate of drug-likeness (QED) is 0.626. The number of rotatable bonds is 3. The number of hydrogen-bond acceptors (Lipinski definition) is 6. The van der Waals surface area contributed by atoms with Crippen LogP contribution < -0.4 is 9.75 Å². The molecule has 0 unspecified atom stereocenters. The molecule has 160 valence electrons. The predicted octanol–water partition coefficient (Wildman–Crippen LogP) is 4.86. The van der Waals surface area contributed by atoms with Crippen LogP contribution in [-0.4, -0.2) is 34.8 Å². The number of hydrogen-bond donors (Lipinski definition) is 1. The van der Waals surface area contributed by atoms with E-state index in [-0.39, 0.29) is 17.3 Å². The standard InChI is InChI=1S/C22H18F3N3O2S/c1-30-15-8-9-16-14(11-15)7-10-17-19(16)27-28(21(17,29)22(23,24)25)20-26-18(12-31-20)13-5-3-2-4-6-13/h2-6,8-9,11-12,17,29H,7,10H2,1H3/t17-,21-/m0/s1. The Labute approximate surface area is 180 Å². The van der Waals surface area contributed by atoms with Gasteiger partial charge in [-0.15, -0.1) is 11.3 Å². The number of alkyl halides is 3. The van der Waals surface area contributed by atoms with Gasteiger partial charge in [0.25, 0.3) is 5.72 Å². The molecule has 31 heavy (non-hydrogen) atoms. The van der Waals surface area contributed by atoms with Gasteiger partial charge in [-0.25, -0.2) is 4.98 Å². The minimum atomic E-state index is -4.93. The third-order valence-electron chi connectivity index (χ3n) is 5.80. The van der Waals surface area contributed by atoms with Crippen LogP contribution in [0.4, 0.5) is 18.3 Å². The van der Waals surface area contributed by atoms with Crippen LogP contribution in [0.2, 0.25) is 0 Å². The highest BCUT2D eigenvalue weighted by molar-refractivity contribution is 7.14. The summed E-state index contributed by atoms with van der Waals surface area (Å²) in [6, 6.07) is 14.4. The first-order valence-corrected chi connectivity index (χ1v) is 10.6. The van der Waals surface area contributed by atoms with Crippen molar-refractivity contribution in [1.29, 1.82) is 0 Å². The number of fused-ring (bicyclic) bond motifs is 3. The molecule has 0 bridgehead atoms. The molecule has 3 aromatic rings. The predicted molar refractivity (Wildman–Crippen MR) is 112 cm³/mol. The second kappa shape index (κ2) is 7.06. The molecule has 2 heterocycles. The van der Waals surface area contributed by atoms with Gasteiger partial charge >= 0.3 is 6.18 Å². The molecule has 5 nitrogen and oxygen atoms in total. The molecule has 1 aromatic heterocycles. The zero-order valence-corrected chi connectivity index (χ0v) is 17.2. The average Bonchev–Trinajstić information content (AvgIpc) is 3.37. The van der Waals surface area contributed by atoms with Crippen LogP contribution in [0.25, 0.3) is 11.3 Å². The molecular formula is C22H18F3N3O2S. The highest BCUT2D eigenvalue weighted by Gasteiger charge is 2.68. The normalized spacial score (nSPS) is 22.7. The minimum Gasteiger partial charge on any atom is -0.497 e. The summed E-state index contributed by atoms with van der Waals surface area (Å²) in [7, 11) is 1.54. The lowest BCUT2D eigenvalue weighted by Gasteiger charge is -2.38. The van der Waals surface area contributed by atoms with Gasteiger partial charge in [-0.05, 0) is 36.6 Å². The van der Waals surface area contributed by atoms with Crippen LogP contribution in [0.1, 0.15) is 17.5 Å². The Hall–Kier alpha value is -2.91. The summed E-state index contributed by atoms with van der Waals surface area (Å²) in [5, 5.41) is 17.7. The van der Waals surface area contributed by atoms with Gasteiger partial charge in [-0.3, -0.25) is 0 Å². The maximum Gasteiger partial charge on any atom is 0.439 e. The molecule has 2 aromatic carbocycles. The van der Waals surface area contributed by atoms with E-state index in [0.717, 1.165) is 22.5 Å². The summed E-state index contributed by atoms with van der Waals surface area (Å²) in [5.41, 5.74) is -0.175. The Morgan fingerprint density at radius 2 is 1.97 bits per heavy atom. The summed E-state index contributed by atoms with van der Waals surface area (Å²) < 4.78 is 48.0. The summed E-state index contributed by atoms with van der Waals surface area (Å²) >= 11 is 1.02. The van der Waals surface area contributed by atoms with Crippen LogP contribution in [0.5, 0.6) is 5.75 Å². The zero-order chi connectivity index (χ0) is 21.8. The first-order chi connectivity index (χ1) is 14.8. The highest BCUT2D eigenvalue weighted by atomic mass is 32.1. The molecule has 0 radical (unpaired) electrons. The van der Waals surface area contributed by atoms with Crippen molar-refractivity contribution in [1.82, 2.24) is 4.98 Å². The number of halogens is 3. The molecule has 5 rings (SSSR count). The van der Waals surface area contributed by atoms with Gasteiger partial charge in [0.05, 0.1) is 24.4 Å². The molecule has 0 amide bonds. The molecule has 2 aliphatic rings. The van der Waals surface area contributed by atoms with E-state index < -0.39 is 17.8 Å². The molecule has 9 heteroatoms. The second-order valence-electron chi connectivity index (χ2n) is 7.52. The second-order valence-corrected chi connectivity index (χ2v) is 8.35. The Morgan fingerprint density at radius 1 is 1.19 bits per heavy atom. The summed E-state index contributed by atoms with van der Waals surface area (Å²) in [6.07, 6.45) is -4.43. The lowest BCUT2D eigenvalue weighted by molar-refractivity contribution is -0.268. The number of ether oxygens (including phenoxy) is 1. The monoisotopic (exact) mass is 445 g/mol. The van der Waals surface area contributed by atoms with Crippen molar-refractivity contribution in [3.63, 3.8) is 0 Å². The first-order valence-electron chi connectivity index (χ1n) is 9.69. The summed E-state index contributed by atoms with van der Waals surface area (Å²) in [5.74, 6) is -0.580. The number of anilines is 1. The largest absolute Gasteiger partial charge is 0.497 e. The lowest BCUT2D eigenvalue weighted by Crippen LogP contribution is -2.60. The number of benzene rings is 2. The van der Waals surface area contributed by atoms with E-state index >= 15 is 0 Å². The van der Waals surface area contributed by atoms with E-state index in [9.17, 15) is 18.3 Å². The molecule has 0 spiro atoms. The number of methoxy groups -OCH3 is 1. The topological polar surface area (TPSA) is 58.0 Å². The molecule has 1 aliphatic heterocycles. The van der Waals surface area contributed by atoms with Crippen LogP contribution in [0, 0.1) is 5.92 Å². The van der Waals surface area contributed by atoms with Crippen LogP contribution in [0.3, 0.4) is 0 Å². The number of hydrazone groups is 1. The Balaban J connectivity index is 1.62. The molecule has 1 N–H and O–H groups in total. The van der Waals surface area contributed by atoms with Gasteiger partial charge in [-0.1, -0.05) is 30.3 Å². The van der Waals surface area contributed by atoms with Gasteiger partial charge in [-0.2, -0.15) is 23.3 Å². The van der Waals surface area contributed by atoms with Crippen molar-refractivity contribution < 1.29 is 23.0 Å². The zero-order valence-electron chi connectivity index (χ0n) is 16.4. The fourth-order valence-corrected chi connectivity index (χ4v) is 5.07. The molecule has 2 atom stereocenters. The van der Waals surface area contributed by atoms with Gasteiger partial charge in [0.1, 0.15) is 5.75 Å². The number of aryl methyl sites for hydroxylation is 1. The lowest BCUT2D eigenvalue weighted by atomic mass is 9.77. The van der Waals surface area contributed by atoms with Crippen LogP contribution in [-0.2, 0) is 6.42 Å². The molecule has 0 saturated carbocycles. The Morgan fingerprint density at radius 3 is 2.68 bits per heavy atom. The molecule has 0 saturated heterocycles. The first kappa shape index (κ1) is 20.0. The summed E-state index contributed by atoms with van der Waals surface area (Å²) in [6.45, 7) is 0. The number of aromatic nitrogens is 1. The van der Waals surface area contributed by atoms with Crippen LogP contribution in [0.15, 0.2) is 59.0 Å². The molecular weight excluding hydrogens is 427 g/mol. The van der Waals surface area contributed by atoms with E-state index in [4.69, 9.17) is 4.74 Å². The van der Waals surface area contributed by atoms with Crippen molar-refractivity contribution in [3.05, 3.63) is 65.0 Å². The third kappa shape index (κ3) is 3.02. The maximum absolute atomic E-state index is 14.3. The minimum absolute atomic E-state index is 0.00404. The fraction of sp³-hybridized carbons (Fsp3) is 0.273. The van der Waals surface area contributed by atoms with Crippen LogP contribution >= 0.6 is 11.3 Å². The third-order valence-corrected chi connectivity index (χ3v) is 6.61. The average molecular weight is 445 g/mol. The maximum atomic E-state index is 14.3. The smallest absolute Gasteiger partial charge is 0.439 e. The van der Waals surface area contributed by atoms with E-state index in [2.05, 4.69) is 10.1 Å². The Bertz CT molecular complexity index is 1160.